The predicted molar refractivity (Wildman–Crippen MR) is 134 cm³/mol. The number of rotatable bonds is 9. The van der Waals surface area contributed by atoms with Crippen molar-refractivity contribution < 1.29 is 9.59 Å². The third kappa shape index (κ3) is 6.16. The van der Waals surface area contributed by atoms with Crippen LogP contribution < -0.4 is 11.1 Å². The largest absolute Gasteiger partial charge is 0.352 e. The highest BCUT2D eigenvalue weighted by Crippen LogP contribution is 2.27. The Hall–Kier alpha value is -3.26. The van der Waals surface area contributed by atoms with Crippen molar-refractivity contribution in [3.63, 3.8) is 0 Å². The number of aryl methyl sites for hydroxylation is 2. The van der Waals surface area contributed by atoms with E-state index in [1.165, 1.54) is 11.1 Å². The normalized spacial score (nSPS) is 11.8. The van der Waals surface area contributed by atoms with Gasteiger partial charge in [-0.1, -0.05) is 30.3 Å². The van der Waals surface area contributed by atoms with Gasteiger partial charge in [0, 0.05) is 30.9 Å². The fraction of sp³-hybridized carbons (Fsp3) is 0.320. The van der Waals surface area contributed by atoms with E-state index in [1.807, 2.05) is 47.5 Å². The maximum absolute atomic E-state index is 13.1. The van der Waals surface area contributed by atoms with Crippen molar-refractivity contribution in [2.45, 2.75) is 32.9 Å². The first kappa shape index (κ1) is 24.4. The van der Waals surface area contributed by atoms with Crippen LogP contribution in [0, 0.1) is 13.8 Å². The first-order chi connectivity index (χ1) is 15.8. The number of hydrogen-bond acceptors (Lipinski definition) is 4. The molecule has 0 saturated heterocycles. The number of urea groups is 1. The summed E-state index contributed by atoms with van der Waals surface area (Å²) in [7, 11) is 1.74. The van der Waals surface area contributed by atoms with Gasteiger partial charge in [-0.05, 0) is 61.6 Å². The third-order valence-electron chi connectivity index (χ3n) is 5.60. The first-order valence-electron chi connectivity index (χ1n) is 10.8. The van der Waals surface area contributed by atoms with E-state index in [9.17, 15) is 9.59 Å². The van der Waals surface area contributed by atoms with Crippen molar-refractivity contribution in [1.29, 1.82) is 0 Å². The number of nitrogens with two attached hydrogens (primary N) is 1. The molecular formula is C25H31N5O2S. The van der Waals surface area contributed by atoms with Gasteiger partial charge in [0.2, 0.25) is 5.91 Å². The standard InChI is InChI=1S/C25H31N5O2S/c1-17-10-11-19(14-18(17)2)23-20(16-30(28-23)21-8-6-5-7-9-21)15-29(3)24(31)22(12-13-33-4)27-25(26)32/h5-11,14,16,22H,12-13,15H2,1-4H3,(H3,26,27,32)/t22-/m0/s1. The molecule has 2 aromatic carbocycles. The van der Waals surface area contributed by atoms with Gasteiger partial charge in [0.05, 0.1) is 11.4 Å². The quantitative estimate of drug-likeness (QED) is 0.501. The van der Waals surface area contributed by atoms with Gasteiger partial charge >= 0.3 is 6.03 Å². The summed E-state index contributed by atoms with van der Waals surface area (Å²) in [4.78, 5) is 26.2. The highest BCUT2D eigenvalue weighted by Gasteiger charge is 2.24. The third-order valence-corrected chi connectivity index (χ3v) is 6.24. The maximum Gasteiger partial charge on any atom is 0.312 e. The number of nitrogens with zero attached hydrogens (tertiary/aromatic N) is 3. The summed E-state index contributed by atoms with van der Waals surface area (Å²) in [6, 6.07) is 14.8. The van der Waals surface area contributed by atoms with Gasteiger partial charge in [-0.3, -0.25) is 4.79 Å². The number of benzene rings is 2. The van der Waals surface area contributed by atoms with Gasteiger partial charge in [0.1, 0.15) is 6.04 Å². The minimum absolute atomic E-state index is 0.179. The number of amides is 3. The van der Waals surface area contributed by atoms with Crippen LogP contribution in [0.25, 0.3) is 16.9 Å². The zero-order valence-electron chi connectivity index (χ0n) is 19.5. The van der Waals surface area contributed by atoms with E-state index in [2.05, 4.69) is 37.4 Å². The van der Waals surface area contributed by atoms with Crippen LogP contribution in [0.2, 0.25) is 0 Å². The number of carbonyl (C=O) groups is 2. The number of para-hydroxylation sites is 1. The van der Waals surface area contributed by atoms with Gasteiger partial charge in [-0.25, -0.2) is 9.48 Å². The smallest absolute Gasteiger partial charge is 0.312 e. The van der Waals surface area contributed by atoms with Gasteiger partial charge in [-0.2, -0.15) is 16.9 Å². The molecule has 0 fully saturated rings. The number of hydrogen-bond donors (Lipinski definition) is 2. The molecule has 0 saturated carbocycles. The molecule has 1 atom stereocenters. The second-order valence-electron chi connectivity index (χ2n) is 8.12. The average Bonchev–Trinajstić information content (AvgIpc) is 3.22. The molecule has 8 heteroatoms. The molecule has 3 N–H and O–H groups in total. The summed E-state index contributed by atoms with van der Waals surface area (Å²) in [5, 5.41) is 7.45. The monoisotopic (exact) mass is 465 g/mol. The number of nitrogens with one attached hydrogen (secondary N) is 1. The highest BCUT2D eigenvalue weighted by molar-refractivity contribution is 7.98. The van der Waals surface area contributed by atoms with Gasteiger partial charge in [0.25, 0.3) is 0 Å². The molecule has 1 heterocycles. The number of likely N-dealkylation sites (N-methyl/N-ethyl adjacent to an activating group) is 1. The molecule has 1 aromatic heterocycles. The van der Waals surface area contributed by atoms with E-state index in [4.69, 9.17) is 10.8 Å². The Morgan fingerprint density at radius 1 is 1.15 bits per heavy atom. The van der Waals surface area contributed by atoms with Crippen LogP contribution in [-0.2, 0) is 11.3 Å². The second kappa shape index (κ2) is 11.0. The Morgan fingerprint density at radius 3 is 2.52 bits per heavy atom. The Balaban J connectivity index is 1.94. The molecule has 0 unspecified atom stereocenters. The van der Waals surface area contributed by atoms with E-state index in [1.54, 1.807) is 23.7 Å². The molecular weight excluding hydrogens is 434 g/mol. The molecule has 0 spiro atoms. The molecule has 0 radical (unpaired) electrons. The Labute approximate surface area is 199 Å². The van der Waals surface area contributed by atoms with Crippen molar-refractivity contribution >= 4 is 23.7 Å². The number of thioether (sulfide) groups is 1. The second-order valence-corrected chi connectivity index (χ2v) is 9.10. The summed E-state index contributed by atoms with van der Waals surface area (Å²) in [5.41, 5.74) is 11.4. The lowest BCUT2D eigenvalue weighted by atomic mass is 10.0. The number of primary amides is 1. The Morgan fingerprint density at radius 2 is 1.88 bits per heavy atom. The van der Waals surface area contributed by atoms with Crippen molar-refractivity contribution in [1.82, 2.24) is 20.0 Å². The molecule has 3 amide bonds. The molecule has 0 aliphatic rings. The van der Waals surface area contributed by atoms with E-state index < -0.39 is 12.1 Å². The molecule has 3 rings (SSSR count). The molecule has 0 aliphatic heterocycles. The minimum atomic E-state index is -0.699. The van der Waals surface area contributed by atoms with Crippen LogP contribution in [0.4, 0.5) is 4.79 Å². The molecule has 0 bridgehead atoms. The van der Waals surface area contributed by atoms with E-state index in [0.717, 1.165) is 28.3 Å². The molecule has 174 valence electrons. The van der Waals surface area contributed by atoms with Crippen LogP contribution in [-0.4, -0.2) is 51.7 Å². The van der Waals surface area contributed by atoms with Crippen molar-refractivity contribution in [3.05, 3.63) is 71.4 Å². The van der Waals surface area contributed by atoms with Crippen molar-refractivity contribution in [2.75, 3.05) is 19.1 Å². The molecule has 7 nitrogen and oxygen atoms in total. The summed E-state index contributed by atoms with van der Waals surface area (Å²) < 4.78 is 1.84. The lowest BCUT2D eigenvalue weighted by Gasteiger charge is -2.24. The summed E-state index contributed by atoms with van der Waals surface area (Å²) in [6.45, 7) is 4.51. The first-order valence-corrected chi connectivity index (χ1v) is 12.2. The fourth-order valence-corrected chi connectivity index (χ4v) is 4.11. The zero-order valence-corrected chi connectivity index (χ0v) is 20.4. The van der Waals surface area contributed by atoms with Crippen LogP contribution in [0.3, 0.4) is 0 Å². The van der Waals surface area contributed by atoms with Crippen molar-refractivity contribution in [2.24, 2.45) is 5.73 Å². The maximum atomic E-state index is 13.1. The Kier molecular flexibility index (Phi) is 8.16. The Bertz CT molecular complexity index is 1110. The van der Waals surface area contributed by atoms with Crippen LogP contribution in [0.5, 0.6) is 0 Å². The zero-order chi connectivity index (χ0) is 24.0. The summed E-state index contributed by atoms with van der Waals surface area (Å²) in [5.74, 6) is 0.561. The van der Waals surface area contributed by atoms with Crippen LogP contribution in [0.1, 0.15) is 23.1 Å². The lowest BCUT2D eigenvalue weighted by Crippen LogP contribution is -2.49. The predicted octanol–water partition coefficient (Wildman–Crippen LogP) is 3.90. The topological polar surface area (TPSA) is 93.2 Å². The van der Waals surface area contributed by atoms with Crippen LogP contribution >= 0.6 is 11.8 Å². The number of aromatic nitrogens is 2. The highest BCUT2D eigenvalue weighted by atomic mass is 32.2. The lowest BCUT2D eigenvalue weighted by molar-refractivity contribution is -0.132. The van der Waals surface area contributed by atoms with Gasteiger partial charge < -0.3 is 16.0 Å². The fourth-order valence-electron chi connectivity index (χ4n) is 3.63. The molecule has 0 aliphatic carbocycles. The van der Waals surface area contributed by atoms with E-state index >= 15 is 0 Å². The average molecular weight is 466 g/mol. The van der Waals surface area contributed by atoms with Gasteiger partial charge in [-0.15, -0.1) is 0 Å². The summed E-state index contributed by atoms with van der Waals surface area (Å²) in [6.07, 6.45) is 4.44. The van der Waals surface area contributed by atoms with Gasteiger partial charge in [0.15, 0.2) is 0 Å². The molecule has 33 heavy (non-hydrogen) atoms. The van der Waals surface area contributed by atoms with E-state index in [-0.39, 0.29) is 5.91 Å². The summed E-state index contributed by atoms with van der Waals surface area (Å²) >= 11 is 1.62. The van der Waals surface area contributed by atoms with Crippen LogP contribution in [0.15, 0.2) is 54.7 Å². The molecule has 3 aromatic rings. The minimum Gasteiger partial charge on any atom is -0.352 e. The SMILES string of the molecule is CSCC[C@H](NC(N)=O)C(=O)N(C)Cc1cn(-c2ccccc2)nc1-c1ccc(C)c(C)c1. The van der Waals surface area contributed by atoms with Crippen molar-refractivity contribution in [3.8, 4) is 16.9 Å². The number of carbonyl (C=O) groups excluding carboxylic acids is 2. The van der Waals surface area contributed by atoms with E-state index in [0.29, 0.717) is 13.0 Å².